The van der Waals surface area contributed by atoms with Crippen LogP contribution in [0.5, 0.6) is 0 Å². The Balaban J connectivity index is 2.12. The maximum atomic E-state index is 13.6. The molecule has 0 unspecified atom stereocenters. The highest BCUT2D eigenvalue weighted by molar-refractivity contribution is 7.46. The molecule has 0 aliphatic heterocycles. The topological polar surface area (TPSA) is 114 Å². The second-order valence-corrected chi connectivity index (χ2v) is 6.26. The molecular formula is C11H9Cl2FN3O5P. The molecule has 0 aliphatic carbocycles. The fourth-order valence-corrected chi connectivity index (χ4v) is 2.22. The molecule has 23 heavy (non-hydrogen) atoms. The monoisotopic (exact) mass is 383 g/mol. The number of nitrogens with one attached hydrogen (secondary N) is 1. The molecule has 0 spiro atoms. The quantitative estimate of drug-likeness (QED) is 0.683. The molecule has 3 N–H and O–H groups in total. The molecule has 1 heterocycles. The Hall–Kier alpha value is -1.48. The van der Waals surface area contributed by atoms with Gasteiger partial charge in [0, 0.05) is 11.1 Å². The van der Waals surface area contributed by atoms with E-state index in [0.717, 1.165) is 6.07 Å². The molecular weight excluding hydrogens is 375 g/mol. The zero-order valence-corrected chi connectivity index (χ0v) is 13.5. The fourth-order valence-electron chi connectivity index (χ4n) is 1.50. The number of nitrogens with zero attached hydrogens (tertiary/aromatic N) is 2. The summed E-state index contributed by atoms with van der Waals surface area (Å²) in [6.45, 7) is -0.856. The SMILES string of the molecule is O=C(Nc1ccc(Cl)cc1Cl)c1cc(F)n(COP(=O)(O)O)n1. The Kier molecular flexibility index (Phi) is 5.41. The highest BCUT2D eigenvalue weighted by Crippen LogP contribution is 2.36. The van der Waals surface area contributed by atoms with Crippen molar-refractivity contribution in [1.29, 1.82) is 0 Å². The van der Waals surface area contributed by atoms with Crippen LogP contribution < -0.4 is 5.32 Å². The largest absolute Gasteiger partial charge is 0.471 e. The molecule has 2 rings (SSSR count). The van der Waals surface area contributed by atoms with Gasteiger partial charge in [-0.3, -0.25) is 9.32 Å². The summed E-state index contributed by atoms with van der Waals surface area (Å²) in [5, 5.41) is 6.50. The normalized spacial score (nSPS) is 11.5. The van der Waals surface area contributed by atoms with E-state index in [1.165, 1.54) is 18.2 Å². The number of amides is 1. The number of phosphoric acid groups is 1. The molecule has 2 aromatic rings. The number of benzene rings is 1. The zero-order chi connectivity index (χ0) is 17.2. The maximum absolute atomic E-state index is 13.6. The summed E-state index contributed by atoms with van der Waals surface area (Å²) in [6, 6.07) is 5.14. The van der Waals surface area contributed by atoms with Crippen molar-refractivity contribution in [3.8, 4) is 0 Å². The fraction of sp³-hybridized carbons (Fsp3) is 0.0909. The smallest absolute Gasteiger partial charge is 0.319 e. The van der Waals surface area contributed by atoms with Crippen LogP contribution in [0.1, 0.15) is 10.5 Å². The van der Waals surface area contributed by atoms with E-state index in [1.54, 1.807) is 0 Å². The van der Waals surface area contributed by atoms with Crippen LogP contribution in [0.15, 0.2) is 24.3 Å². The van der Waals surface area contributed by atoms with Gasteiger partial charge in [-0.2, -0.15) is 9.49 Å². The van der Waals surface area contributed by atoms with Crippen molar-refractivity contribution in [2.24, 2.45) is 0 Å². The average molecular weight is 384 g/mol. The Labute approximate surface area is 139 Å². The minimum Gasteiger partial charge on any atom is -0.319 e. The minimum absolute atomic E-state index is 0.176. The van der Waals surface area contributed by atoms with Crippen molar-refractivity contribution in [3.63, 3.8) is 0 Å². The van der Waals surface area contributed by atoms with Crippen LogP contribution >= 0.6 is 31.0 Å². The molecule has 0 fully saturated rings. The van der Waals surface area contributed by atoms with E-state index < -0.39 is 26.4 Å². The van der Waals surface area contributed by atoms with Crippen LogP contribution in [0.2, 0.25) is 10.0 Å². The van der Waals surface area contributed by atoms with Gasteiger partial charge < -0.3 is 15.1 Å². The molecule has 1 amide bonds. The van der Waals surface area contributed by atoms with E-state index in [1.807, 2.05) is 0 Å². The number of carbonyl (C=O) groups excluding carboxylic acids is 1. The highest BCUT2D eigenvalue weighted by Gasteiger charge is 2.19. The Morgan fingerprint density at radius 1 is 1.39 bits per heavy atom. The summed E-state index contributed by atoms with van der Waals surface area (Å²) in [7, 11) is -4.79. The highest BCUT2D eigenvalue weighted by atomic mass is 35.5. The van der Waals surface area contributed by atoms with Crippen molar-refractivity contribution < 1.29 is 28.1 Å². The third-order valence-electron chi connectivity index (χ3n) is 2.49. The molecule has 0 radical (unpaired) electrons. The number of rotatable bonds is 5. The molecule has 8 nitrogen and oxygen atoms in total. The Morgan fingerprint density at radius 3 is 2.70 bits per heavy atom. The lowest BCUT2D eigenvalue weighted by Gasteiger charge is -2.06. The second kappa shape index (κ2) is 6.96. The summed E-state index contributed by atoms with van der Waals surface area (Å²) >= 11 is 11.6. The number of hydrogen-bond acceptors (Lipinski definition) is 4. The van der Waals surface area contributed by atoms with Crippen molar-refractivity contribution in [3.05, 3.63) is 46.0 Å². The van der Waals surface area contributed by atoms with Gasteiger partial charge in [-0.1, -0.05) is 23.2 Å². The number of phosphoric ester groups is 1. The van der Waals surface area contributed by atoms with Crippen molar-refractivity contribution >= 4 is 42.6 Å². The van der Waals surface area contributed by atoms with E-state index in [4.69, 9.17) is 33.0 Å². The van der Waals surface area contributed by atoms with Gasteiger partial charge in [-0.05, 0) is 18.2 Å². The minimum atomic E-state index is -4.79. The van der Waals surface area contributed by atoms with Gasteiger partial charge in [-0.25, -0.2) is 9.25 Å². The third-order valence-corrected chi connectivity index (χ3v) is 3.49. The lowest BCUT2D eigenvalue weighted by Crippen LogP contribution is -2.14. The zero-order valence-electron chi connectivity index (χ0n) is 11.1. The Morgan fingerprint density at radius 2 is 2.09 bits per heavy atom. The van der Waals surface area contributed by atoms with Crippen LogP contribution in [-0.4, -0.2) is 25.5 Å². The van der Waals surface area contributed by atoms with E-state index >= 15 is 0 Å². The molecule has 0 atom stereocenters. The average Bonchev–Trinajstić information content (AvgIpc) is 2.80. The van der Waals surface area contributed by atoms with E-state index in [-0.39, 0.29) is 16.4 Å². The van der Waals surface area contributed by atoms with Crippen molar-refractivity contribution in [1.82, 2.24) is 9.78 Å². The number of hydrogen-bond donors (Lipinski definition) is 3. The van der Waals surface area contributed by atoms with Crippen LogP contribution in [0, 0.1) is 5.95 Å². The van der Waals surface area contributed by atoms with Crippen LogP contribution in [0.3, 0.4) is 0 Å². The lowest BCUT2D eigenvalue weighted by atomic mass is 10.3. The second-order valence-electron chi connectivity index (χ2n) is 4.18. The third kappa shape index (κ3) is 5.00. The maximum Gasteiger partial charge on any atom is 0.471 e. The summed E-state index contributed by atoms with van der Waals surface area (Å²) in [6.07, 6.45) is 0. The van der Waals surface area contributed by atoms with Gasteiger partial charge in [0.1, 0.15) is 0 Å². The first-order chi connectivity index (χ1) is 10.7. The number of anilines is 1. The van der Waals surface area contributed by atoms with Gasteiger partial charge in [0.05, 0.1) is 10.7 Å². The standard InChI is InChI=1S/C11H9Cl2FN3O5P/c12-6-1-2-8(7(13)3-6)15-11(18)9-4-10(14)17(16-9)5-22-23(19,20)21/h1-4H,5H2,(H,15,18)(H2,19,20,21). The molecule has 12 heteroatoms. The lowest BCUT2D eigenvalue weighted by molar-refractivity contribution is 0.101. The molecule has 1 aromatic heterocycles. The number of aromatic nitrogens is 2. The van der Waals surface area contributed by atoms with Gasteiger partial charge >= 0.3 is 7.82 Å². The molecule has 0 bridgehead atoms. The first-order valence-corrected chi connectivity index (χ1v) is 8.14. The van der Waals surface area contributed by atoms with Gasteiger partial charge in [0.2, 0.25) is 5.95 Å². The number of carbonyl (C=O) groups is 1. The van der Waals surface area contributed by atoms with Crippen molar-refractivity contribution in [2.45, 2.75) is 6.73 Å². The Bertz CT molecular complexity index is 794. The van der Waals surface area contributed by atoms with Crippen LogP contribution in [0.4, 0.5) is 10.1 Å². The molecule has 0 aliphatic rings. The summed E-state index contributed by atoms with van der Waals surface area (Å²) < 4.78 is 28.7. The summed E-state index contributed by atoms with van der Waals surface area (Å²) in [5.41, 5.74) is -0.0923. The van der Waals surface area contributed by atoms with E-state index in [0.29, 0.717) is 9.70 Å². The van der Waals surface area contributed by atoms with Crippen LogP contribution in [-0.2, 0) is 15.8 Å². The predicted octanol–water partition coefficient (Wildman–Crippen LogP) is 2.65. The molecule has 124 valence electrons. The molecule has 0 saturated heterocycles. The van der Waals surface area contributed by atoms with E-state index in [2.05, 4.69) is 14.9 Å². The number of halogens is 3. The molecule has 1 aromatic carbocycles. The predicted molar refractivity (Wildman–Crippen MR) is 79.7 cm³/mol. The van der Waals surface area contributed by atoms with Gasteiger partial charge in [0.25, 0.3) is 5.91 Å². The van der Waals surface area contributed by atoms with Crippen LogP contribution in [0.25, 0.3) is 0 Å². The first kappa shape index (κ1) is 17.9. The first-order valence-electron chi connectivity index (χ1n) is 5.85. The van der Waals surface area contributed by atoms with Gasteiger partial charge in [-0.15, -0.1) is 0 Å². The van der Waals surface area contributed by atoms with Gasteiger partial charge in [0.15, 0.2) is 12.4 Å². The van der Waals surface area contributed by atoms with E-state index in [9.17, 15) is 13.8 Å². The summed E-state index contributed by atoms with van der Waals surface area (Å²) in [4.78, 5) is 29.1. The molecule has 0 saturated carbocycles. The summed E-state index contributed by atoms with van der Waals surface area (Å²) in [5.74, 6) is -1.78. The van der Waals surface area contributed by atoms with Crippen molar-refractivity contribution in [2.75, 3.05) is 5.32 Å².